The Hall–Kier alpha value is 0.0700. The van der Waals surface area contributed by atoms with Gasteiger partial charge in [0.2, 0.25) is 10.0 Å². The Morgan fingerprint density at radius 2 is 1.92 bits per heavy atom. The molecule has 0 aliphatic carbocycles. The number of morpholine rings is 1. The molecule has 1 aromatic heterocycles. The topological polar surface area (TPSA) is 61.9 Å². The lowest BCUT2D eigenvalue weighted by molar-refractivity contribution is 0.0343. The number of nitrogens with one attached hydrogen (secondary N) is 1. The SMILES string of the molecule is O=S(=O)(NCC1CCN(CCN2CCOCC2)C1)c1cc(Cl)sc1Cl. The molecule has 0 radical (unpaired) electrons. The Morgan fingerprint density at radius 3 is 2.60 bits per heavy atom. The summed E-state index contributed by atoms with van der Waals surface area (Å²) in [6.45, 7) is 8.08. The van der Waals surface area contributed by atoms with E-state index in [4.69, 9.17) is 27.9 Å². The maximum atomic E-state index is 12.4. The number of halogens is 2. The Bertz CT molecular complexity index is 678. The average Bonchev–Trinajstić information content (AvgIpc) is 3.18. The van der Waals surface area contributed by atoms with E-state index in [1.165, 1.54) is 6.07 Å². The van der Waals surface area contributed by atoms with Crippen LogP contribution in [-0.2, 0) is 14.8 Å². The first-order valence-corrected chi connectivity index (χ1v) is 11.5. The van der Waals surface area contributed by atoms with E-state index >= 15 is 0 Å². The molecule has 6 nitrogen and oxygen atoms in total. The number of hydrogen-bond donors (Lipinski definition) is 1. The van der Waals surface area contributed by atoms with Crippen LogP contribution in [0.25, 0.3) is 0 Å². The Balaban J connectivity index is 1.43. The molecule has 10 heteroatoms. The van der Waals surface area contributed by atoms with Gasteiger partial charge in [0.25, 0.3) is 0 Å². The summed E-state index contributed by atoms with van der Waals surface area (Å²) in [5.41, 5.74) is 0. The lowest BCUT2D eigenvalue weighted by Gasteiger charge is -2.28. The van der Waals surface area contributed by atoms with Gasteiger partial charge < -0.3 is 9.64 Å². The second-order valence-corrected chi connectivity index (χ2v) is 10.5. The molecule has 1 aromatic rings. The molecule has 2 saturated heterocycles. The van der Waals surface area contributed by atoms with Gasteiger partial charge in [-0.2, -0.15) is 0 Å². The van der Waals surface area contributed by atoms with Crippen LogP contribution in [0.2, 0.25) is 8.67 Å². The van der Waals surface area contributed by atoms with Gasteiger partial charge in [-0.15, -0.1) is 11.3 Å². The highest BCUT2D eigenvalue weighted by atomic mass is 35.5. The van der Waals surface area contributed by atoms with Crippen LogP contribution in [0.3, 0.4) is 0 Å². The summed E-state index contributed by atoms with van der Waals surface area (Å²) in [6.07, 6.45) is 1.00. The highest BCUT2D eigenvalue weighted by Crippen LogP contribution is 2.34. The quantitative estimate of drug-likeness (QED) is 0.720. The van der Waals surface area contributed by atoms with Crippen LogP contribution in [0.1, 0.15) is 6.42 Å². The van der Waals surface area contributed by atoms with Gasteiger partial charge in [-0.3, -0.25) is 4.90 Å². The molecule has 1 unspecified atom stereocenters. The molecule has 3 rings (SSSR count). The summed E-state index contributed by atoms with van der Waals surface area (Å²) >= 11 is 12.9. The zero-order valence-electron chi connectivity index (χ0n) is 13.9. The van der Waals surface area contributed by atoms with Crippen LogP contribution in [0.5, 0.6) is 0 Å². The van der Waals surface area contributed by atoms with Crippen molar-refractivity contribution >= 4 is 44.6 Å². The van der Waals surface area contributed by atoms with Crippen molar-refractivity contribution in [2.45, 2.75) is 11.3 Å². The minimum atomic E-state index is -3.60. The first kappa shape index (κ1) is 19.8. The van der Waals surface area contributed by atoms with E-state index in [2.05, 4.69) is 14.5 Å². The maximum Gasteiger partial charge on any atom is 0.242 e. The maximum absolute atomic E-state index is 12.4. The summed E-state index contributed by atoms with van der Waals surface area (Å²) in [5.74, 6) is 0.326. The zero-order chi connectivity index (χ0) is 17.9. The van der Waals surface area contributed by atoms with Gasteiger partial charge in [-0.25, -0.2) is 13.1 Å². The molecule has 0 saturated carbocycles. The predicted octanol–water partition coefficient (Wildman–Crippen LogP) is 1.99. The van der Waals surface area contributed by atoms with Gasteiger partial charge in [0.1, 0.15) is 9.23 Å². The van der Waals surface area contributed by atoms with Crippen LogP contribution in [0.4, 0.5) is 0 Å². The third kappa shape index (κ3) is 5.52. The highest BCUT2D eigenvalue weighted by Gasteiger charge is 2.26. The lowest BCUT2D eigenvalue weighted by atomic mass is 10.1. The largest absolute Gasteiger partial charge is 0.379 e. The van der Waals surface area contributed by atoms with Crippen molar-refractivity contribution in [1.29, 1.82) is 0 Å². The normalized spacial score (nSPS) is 23.4. The third-order valence-electron chi connectivity index (χ3n) is 4.68. The van der Waals surface area contributed by atoms with Crippen LogP contribution in [0, 0.1) is 5.92 Å². The van der Waals surface area contributed by atoms with Crippen molar-refractivity contribution in [3.05, 3.63) is 14.7 Å². The van der Waals surface area contributed by atoms with Crippen molar-refractivity contribution in [2.75, 3.05) is 59.0 Å². The number of ether oxygens (including phenoxy) is 1. The van der Waals surface area contributed by atoms with Crippen LogP contribution >= 0.6 is 34.5 Å². The monoisotopic (exact) mass is 427 g/mol. The van der Waals surface area contributed by atoms with Crippen molar-refractivity contribution in [3.63, 3.8) is 0 Å². The Labute approximate surface area is 163 Å². The van der Waals surface area contributed by atoms with Gasteiger partial charge in [0.05, 0.1) is 17.6 Å². The van der Waals surface area contributed by atoms with Gasteiger partial charge in [-0.1, -0.05) is 23.2 Å². The number of thiophene rings is 1. The molecular formula is C15H23Cl2N3O3S2. The molecule has 1 N–H and O–H groups in total. The molecule has 2 aliphatic rings. The van der Waals surface area contributed by atoms with Gasteiger partial charge in [0.15, 0.2) is 0 Å². The van der Waals surface area contributed by atoms with Gasteiger partial charge in [-0.05, 0) is 24.9 Å². The van der Waals surface area contributed by atoms with Crippen molar-refractivity contribution in [3.8, 4) is 0 Å². The van der Waals surface area contributed by atoms with E-state index in [-0.39, 0.29) is 9.23 Å². The smallest absolute Gasteiger partial charge is 0.242 e. The number of hydrogen-bond acceptors (Lipinski definition) is 6. The molecule has 0 amide bonds. The minimum absolute atomic E-state index is 0.0753. The Morgan fingerprint density at radius 1 is 1.20 bits per heavy atom. The number of sulfonamides is 1. The van der Waals surface area contributed by atoms with Crippen molar-refractivity contribution in [2.24, 2.45) is 5.92 Å². The lowest BCUT2D eigenvalue weighted by Crippen LogP contribution is -2.41. The van der Waals surface area contributed by atoms with E-state index in [9.17, 15) is 8.42 Å². The fourth-order valence-corrected chi connectivity index (χ4v) is 6.47. The molecule has 1 atom stereocenters. The molecule has 3 heterocycles. The summed E-state index contributed by atoms with van der Waals surface area (Å²) in [7, 11) is -3.60. The molecule has 2 fully saturated rings. The van der Waals surface area contributed by atoms with E-state index in [0.717, 1.165) is 70.2 Å². The van der Waals surface area contributed by atoms with E-state index in [1.54, 1.807) is 0 Å². The predicted molar refractivity (Wildman–Crippen MR) is 101 cm³/mol. The van der Waals surface area contributed by atoms with E-state index in [1.807, 2.05) is 0 Å². The highest BCUT2D eigenvalue weighted by molar-refractivity contribution is 7.89. The number of likely N-dealkylation sites (tertiary alicyclic amines) is 1. The fourth-order valence-electron chi connectivity index (χ4n) is 3.20. The second kappa shape index (κ2) is 8.84. The molecule has 0 spiro atoms. The third-order valence-corrected chi connectivity index (χ3v) is 7.86. The molecule has 0 bridgehead atoms. The Kier molecular flexibility index (Phi) is 7.01. The second-order valence-electron chi connectivity index (χ2n) is 6.45. The summed E-state index contributed by atoms with van der Waals surface area (Å²) < 4.78 is 33.3. The summed E-state index contributed by atoms with van der Waals surface area (Å²) in [5, 5.41) is 0. The van der Waals surface area contributed by atoms with E-state index < -0.39 is 10.0 Å². The summed E-state index contributed by atoms with van der Waals surface area (Å²) in [6, 6.07) is 1.40. The molecule has 142 valence electrons. The first-order valence-electron chi connectivity index (χ1n) is 8.41. The van der Waals surface area contributed by atoms with Crippen LogP contribution < -0.4 is 4.72 Å². The molecular weight excluding hydrogens is 405 g/mol. The van der Waals surface area contributed by atoms with Crippen LogP contribution in [-0.4, -0.2) is 77.2 Å². The molecule has 25 heavy (non-hydrogen) atoms. The zero-order valence-corrected chi connectivity index (χ0v) is 17.1. The number of rotatable bonds is 7. The van der Waals surface area contributed by atoms with Gasteiger partial charge >= 0.3 is 0 Å². The summed E-state index contributed by atoms with van der Waals surface area (Å²) in [4.78, 5) is 4.90. The minimum Gasteiger partial charge on any atom is -0.379 e. The average molecular weight is 428 g/mol. The number of nitrogens with zero attached hydrogens (tertiary/aromatic N) is 2. The van der Waals surface area contributed by atoms with Crippen molar-refractivity contribution < 1.29 is 13.2 Å². The van der Waals surface area contributed by atoms with Crippen molar-refractivity contribution in [1.82, 2.24) is 14.5 Å². The fraction of sp³-hybridized carbons (Fsp3) is 0.733. The van der Waals surface area contributed by atoms with Crippen LogP contribution in [0.15, 0.2) is 11.0 Å². The van der Waals surface area contributed by atoms with Gasteiger partial charge in [0, 0.05) is 39.3 Å². The standard InChI is InChI=1S/C15H23Cl2N3O3S2/c16-14-9-13(15(17)24-14)25(21,22)18-10-12-1-2-20(11-12)4-3-19-5-7-23-8-6-19/h9,12,18H,1-8,10-11H2. The van der Waals surface area contributed by atoms with E-state index in [0.29, 0.717) is 16.8 Å². The first-order chi connectivity index (χ1) is 11.9. The molecule has 0 aromatic carbocycles. The molecule has 2 aliphatic heterocycles.